The van der Waals surface area contributed by atoms with Crippen LogP contribution in [0.1, 0.15) is 0 Å². The van der Waals surface area contributed by atoms with Gasteiger partial charge in [0.25, 0.3) is 10.1 Å². The highest BCUT2D eigenvalue weighted by Gasteiger charge is 2.21. The van der Waals surface area contributed by atoms with Crippen LogP contribution in [0.3, 0.4) is 0 Å². The zero-order chi connectivity index (χ0) is 8.36. The van der Waals surface area contributed by atoms with E-state index < -0.39 is 27.3 Å². The lowest BCUT2D eigenvalue weighted by Crippen LogP contribution is -2.32. The highest BCUT2D eigenvalue weighted by molar-refractivity contribution is 7.86. The van der Waals surface area contributed by atoms with Gasteiger partial charge in [0.2, 0.25) is 0 Å². The van der Waals surface area contributed by atoms with Gasteiger partial charge in [-0.25, -0.2) is 0 Å². The Kier molecular flexibility index (Phi) is 3.15. The predicted molar refractivity (Wildman–Crippen MR) is 27.8 cm³/mol. The van der Waals surface area contributed by atoms with Crippen molar-refractivity contribution < 1.29 is 28.5 Å². The van der Waals surface area contributed by atoms with Gasteiger partial charge in [0.1, 0.15) is 0 Å². The van der Waals surface area contributed by atoms with Gasteiger partial charge in [0, 0.05) is 0 Å². The minimum Gasteiger partial charge on any atom is -0.374 e. The molecule has 1 unspecified atom stereocenters. The number of aliphatic hydroxyl groups is 1. The van der Waals surface area contributed by atoms with E-state index in [1.165, 1.54) is 0 Å². The Bertz CT molecular complexity index is 184. The number of rotatable bonds is 3. The van der Waals surface area contributed by atoms with E-state index in [9.17, 15) is 8.42 Å². The van der Waals surface area contributed by atoms with Gasteiger partial charge in [0.05, 0.1) is 6.54 Å². The fraction of sp³-hybridized carbons (Fsp3) is 1.00. The second-order valence-electron chi connectivity index (χ2n) is 1.52. The number of hydrogen-bond donors (Lipinski definition) is 4. The minimum atomic E-state index is -4.60. The first kappa shape index (κ1) is 9.75. The molecule has 0 bridgehead atoms. The molecule has 1 atom stereocenters. The van der Waals surface area contributed by atoms with Crippen LogP contribution in [0, 0.1) is 0 Å². The molecule has 4 N–H and O–H groups in total. The summed E-state index contributed by atoms with van der Waals surface area (Å²) in [5.41, 5.74) is -2.21. The molecule has 8 heteroatoms. The average Bonchev–Trinajstić information content (AvgIpc) is 1.60. The maximum atomic E-state index is 9.92. The Morgan fingerprint density at radius 3 is 1.90 bits per heavy atom. The lowest BCUT2D eigenvalue weighted by Gasteiger charge is -2.09. The van der Waals surface area contributed by atoms with Crippen molar-refractivity contribution in [3.05, 3.63) is 0 Å². The predicted octanol–water partition coefficient (Wildman–Crippen LogP) is -1.73. The van der Waals surface area contributed by atoms with Crippen LogP contribution in [0.25, 0.3) is 0 Å². The first-order valence-electron chi connectivity index (χ1n) is 2.13. The van der Waals surface area contributed by atoms with Gasteiger partial charge in [-0.2, -0.15) is 8.42 Å². The summed E-state index contributed by atoms with van der Waals surface area (Å²) in [6, 6.07) is 0. The van der Waals surface area contributed by atoms with E-state index in [-0.39, 0.29) is 0 Å². The van der Waals surface area contributed by atoms with Gasteiger partial charge in [-0.15, -0.1) is 0 Å². The van der Waals surface area contributed by atoms with Gasteiger partial charge in [-0.05, 0) is 0 Å². The molecule has 0 aliphatic carbocycles. The number of nitrogens with zero attached hydrogens (tertiary/aromatic N) is 1. The molecular formula is C2H7NO6S. The normalized spacial score (nSPS) is 15.7. The molecule has 0 fully saturated rings. The fourth-order valence-electron chi connectivity index (χ4n) is 0.234. The Balaban J connectivity index is 3.99. The molecular weight excluding hydrogens is 166 g/mol. The third kappa shape index (κ3) is 3.71. The van der Waals surface area contributed by atoms with Gasteiger partial charge in [-0.3, -0.25) is 15.0 Å². The third-order valence-electron chi connectivity index (χ3n) is 0.663. The lowest BCUT2D eigenvalue weighted by atomic mass is 10.7. The summed E-state index contributed by atoms with van der Waals surface area (Å²) in [6.07, 6.45) is 0. The van der Waals surface area contributed by atoms with E-state index in [2.05, 4.69) is 0 Å². The summed E-state index contributed by atoms with van der Waals surface area (Å²) in [7, 11) is -4.60. The number of hydrogen-bond acceptors (Lipinski definition) is 6. The van der Waals surface area contributed by atoms with Crippen LogP contribution in [0.5, 0.6) is 0 Å². The van der Waals surface area contributed by atoms with Crippen molar-refractivity contribution in [2.24, 2.45) is 0 Å². The maximum Gasteiger partial charge on any atom is 0.293 e. The molecule has 0 saturated carbocycles. The van der Waals surface area contributed by atoms with Crippen molar-refractivity contribution in [1.82, 2.24) is 5.23 Å². The maximum absolute atomic E-state index is 9.92. The SMILES string of the molecule is O=S(=O)(O)C(O)CN(O)O. The molecule has 0 spiro atoms. The zero-order valence-corrected chi connectivity index (χ0v) is 5.56. The van der Waals surface area contributed by atoms with Crippen LogP contribution in [0.2, 0.25) is 0 Å². The average molecular weight is 173 g/mol. The van der Waals surface area contributed by atoms with E-state index in [4.69, 9.17) is 20.1 Å². The van der Waals surface area contributed by atoms with Crippen molar-refractivity contribution in [2.45, 2.75) is 5.44 Å². The second kappa shape index (κ2) is 3.23. The molecule has 62 valence electrons. The Labute approximate surface area is 56.8 Å². The molecule has 0 aromatic heterocycles. The topological polar surface area (TPSA) is 118 Å². The second-order valence-corrected chi connectivity index (χ2v) is 3.10. The van der Waals surface area contributed by atoms with Crippen LogP contribution in [0.15, 0.2) is 0 Å². The standard InChI is InChI=1S/C2H7NO6S/c4-2(1-3(5)6)10(7,8)9/h2,4-6H,1H2,(H,7,8,9). The van der Waals surface area contributed by atoms with E-state index in [1.807, 2.05) is 0 Å². The van der Waals surface area contributed by atoms with Crippen molar-refractivity contribution in [2.75, 3.05) is 6.54 Å². The van der Waals surface area contributed by atoms with Gasteiger partial charge in [-0.1, -0.05) is 5.23 Å². The van der Waals surface area contributed by atoms with Crippen molar-refractivity contribution in [1.29, 1.82) is 0 Å². The summed E-state index contributed by atoms with van der Waals surface area (Å²) < 4.78 is 27.9. The van der Waals surface area contributed by atoms with E-state index in [1.54, 1.807) is 0 Å². The van der Waals surface area contributed by atoms with Crippen LogP contribution < -0.4 is 0 Å². The van der Waals surface area contributed by atoms with Crippen LogP contribution in [-0.4, -0.2) is 45.7 Å². The lowest BCUT2D eigenvalue weighted by molar-refractivity contribution is -0.311. The molecule has 7 nitrogen and oxygen atoms in total. The number of aliphatic hydroxyl groups excluding tert-OH is 1. The summed E-state index contributed by atoms with van der Waals surface area (Å²) in [5, 5.41) is 23.7. The van der Waals surface area contributed by atoms with Crippen molar-refractivity contribution in [3.8, 4) is 0 Å². The molecule has 0 saturated heterocycles. The van der Waals surface area contributed by atoms with Gasteiger partial charge < -0.3 is 5.11 Å². The van der Waals surface area contributed by atoms with E-state index in [0.29, 0.717) is 0 Å². The first-order valence-corrected chi connectivity index (χ1v) is 3.64. The zero-order valence-electron chi connectivity index (χ0n) is 4.75. The van der Waals surface area contributed by atoms with E-state index >= 15 is 0 Å². The Morgan fingerprint density at radius 2 is 1.80 bits per heavy atom. The molecule has 0 rings (SSSR count). The summed E-state index contributed by atoms with van der Waals surface area (Å²) in [4.78, 5) is 0. The molecule has 0 aliphatic rings. The van der Waals surface area contributed by atoms with E-state index in [0.717, 1.165) is 0 Å². The molecule has 0 aromatic carbocycles. The molecule has 0 aromatic rings. The largest absolute Gasteiger partial charge is 0.374 e. The smallest absolute Gasteiger partial charge is 0.293 e. The quantitative estimate of drug-likeness (QED) is 0.296. The molecule has 0 aliphatic heterocycles. The monoisotopic (exact) mass is 173 g/mol. The third-order valence-corrected chi connectivity index (χ3v) is 1.50. The summed E-state index contributed by atoms with van der Waals surface area (Å²) in [6.45, 7) is -0.987. The van der Waals surface area contributed by atoms with Crippen LogP contribution in [0.4, 0.5) is 0 Å². The van der Waals surface area contributed by atoms with Gasteiger partial charge >= 0.3 is 0 Å². The van der Waals surface area contributed by atoms with Crippen molar-refractivity contribution >= 4 is 10.1 Å². The van der Waals surface area contributed by atoms with Crippen molar-refractivity contribution in [3.63, 3.8) is 0 Å². The minimum absolute atomic E-state index is 0.543. The molecule has 10 heavy (non-hydrogen) atoms. The fourth-order valence-corrected chi connectivity index (χ4v) is 0.556. The first-order chi connectivity index (χ1) is 4.34. The molecule has 0 amide bonds. The highest BCUT2D eigenvalue weighted by Crippen LogP contribution is 1.93. The van der Waals surface area contributed by atoms with Crippen LogP contribution >= 0.6 is 0 Å². The van der Waals surface area contributed by atoms with Gasteiger partial charge in [0.15, 0.2) is 5.44 Å². The Hall–Kier alpha value is -0.250. The Morgan fingerprint density at radius 1 is 1.40 bits per heavy atom. The van der Waals surface area contributed by atoms with Crippen LogP contribution in [-0.2, 0) is 10.1 Å². The molecule has 0 radical (unpaired) electrons. The molecule has 0 heterocycles. The summed E-state index contributed by atoms with van der Waals surface area (Å²) in [5.74, 6) is 0. The number of hydroxylamine groups is 2. The highest BCUT2D eigenvalue weighted by atomic mass is 32.2. The summed E-state index contributed by atoms with van der Waals surface area (Å²) >= 11 is 0.